The topological polar surface area (TPSA) is 118 Å². The van der Waals surface area contributed by atoms with Crippen LogP contribution in [0.2, 0.25) is 0 Å². The first-order valence-electron chi connectivity index (χ1n) is 11.1. The second-order valence-corrected chi connectivity index (χ2v) is 9.62. The van der Waals surface area contributed by atoms with Crippen molar-refractivity contribution in [2.75, 3.05) is 31.6 Å². The highest BCUT2D eigenvalue weighted by Crippen LogP contribution is 2.44. The van der Waals surface area contributed by atoms with E-state index in [0.717, 1.165) is 33.6 Å². The molecule has 1 unspecified atom stereocenters. The van der Waals surface area contributed by atoms with E-state index in [1.165, 1.54) is 18.0 Å². The molecule has 0 spiro atoms. The molecule has 1 aliphatic carbocycles. The van der Waals surface area contributed by atoms with Gasteiger partial charge in [-0.15, -0.1) is 0 Å². The summed E-state index contributed by atoms with van der Waals surface area (Å²) in [6.07, 6.45) is 0.699. The first-order chi connectivity index (χ1) is 16.9. The number of nitrogens with zero attached hydrogens (tertiary/aromatic N) is 2. The Balaban J connectivity index is 1.21. The minimum absolute atomic E-state index is 0.0635. The number of nitrogens with one attached hydrogen (secondary N) is 1. The van der Waals surface area contributed by atoms with Gasteiger partial charge in [0.2, 0.25) is 0 Å². The number of hydrogen-bond acceptors (Lipinski definition) is 7. The Kier molecular flexibility index (Phi) is 6.00. The Morgan fingerprint density at radius 1 is 1.17 bits per heavy atom. The van der Waals surface area contributed by atoms with Gasteiger partial charge in [0.05, 0.1) is 19.3 Å². The van der Waals surface area contributed by atoms with E-state index in [0.29, 0.717) is 0 Å². The average molecular weight is 494 g/mol. The van der Waals surface area contributed by atoms with E-state index < -0.39 is 17.7 Å². The number of rotatable bonds is 5. The molecule has 2 N–H and O–H groups in total. The monoisotopic (exact) mass is 493 g/mol. The largest absolute Gasteiger partial charge is 0.479 e. The Labute approximate surface area is 205 Å². The fourth-order valence-electron chi connectivity index (χ4n) is 4.48. The van der Waals surface area contributed by atoms with E-state index >= 15 is 0 Å². The number of anilines is 1. The number of carboxylic acid groups (broad SMARTS) is 1. The van der Waals surface area contributed by atoms with Crippen molar-refractivity contribution in [2.45, 2.75) is 18.4 Å². The SMILES string of the molecule is CC1(C(=O)O)CN(C(=O)c2cnc(NC(=O)OCC3c4ccccc4-c4ccccc43)s2)CCO1. The van der Waals surface area contributed by atoms with Crippen molar-refractivity contribution in [3.8, 4) is 11.1 Å². The van der Waals surface area contributed by atoms with Gasteiger partial charge in [-0.3, -0.25) is 10.1 Å². The Morgan fingerprint density at radius 3 is 2.49 bits per heavy atom. The lowest BCUT2D eigenvalue weighted by molar-refractivity contribution is -0.171. The number of aliphatic carboxylic acids is 1. The molecule has 5 rings (SSSR count). The van der Waals surface area contributed by atoms with Crippen molar-refractivity contribution >= 4 is 34.4 Å². The van der Waals surface area contributed by atoms with Crippen LogP contribution >= 0.6 is 11.3 Å². The number of hydrogen-bond donors (Lipinski definition) is 2. The van der Waals surface area contributed by atoms with Crippen LogP contribution in [0.1, 0.15) is 33.6 Å². The second-order valence-electron chi connectivity index (χ2n) is 8.59. The van der Waals surface area contributed by atoms with Crippen LogP contribution in [0.5, 0.6) is 0 Å². The molecule has 2 aliphatic rings. The van der Waals surface area contributed by atoms with Crippen molar-refractivity contribution in [3.63, 3.8) is 0 Å². The summed E-state index contributed by atoms with van der Waals surface area (Å²) in [6.45, 7) is 1.92. The summed E-state index contributed by atoms with van der Waals surface area (Å²) in [6, 6.07) is 16.1. The number of fused-ring (bicyclic) bond motifs is 3. The Morgan fingerprint density at radius 2 is 1.83 bits per heavy atom. The van der Waals surface area contributed by atoms with E-state index in [4.69, 9.17) is 9.47 Å². The summed E-state index contributed by atoms with van der Waals surface area (Å²) in [5, 5.41) is 12.2. The molecule has 1 aliphatic heterocycles. The smallest absolute Gasteiger partial charge is 0.413 e. The number of benzene rings is 2. The quantitative estimate of drug-likeness (QED) is 0.555. The molecule has 2 amide bonds. The van der Waals surface area contributed by atoms with Gasteiger partial charge in [-0.25, -0.2) is 14.6 Å². The molecule has 0 bridgehead atoms. The minimum Gasteiger partial charge on any atom is -0.479 e. The van der Waals surface area contributed by atoms with Crippen LogP contribution in [0.15, 0.2) is 54.7 Å². The summed E-state index contributed by atoms with van der Waals surface area (Å²) >= 11 is 1.00. The molecule has 1 atom stereocenters. The summed E-state index contributed by atoms with van der Waals surface area (Å²) in [4.78, 5) is 42.6. The fourth-order valence-corrected chi connectivity index (χ4v) is 5.25. The van der Waals surface area contributed by atoms with Crippen molar-refractivity contribution in [2.24, 2.45) is 0 Å². The van der Waals surface area contributed by atoms with E-state index in [1.807, 2.05) is 36.4 Å². The number of morpholine rings is 1. The van der Waals surface area contributed by atoms with Gasteiger partial charge in [0, 0.05) is 12.5 Å². The summed E-state index contributed by atoms with van der Waals surface area (Å²) < 4.78 is 10.9. The molecule has 10 heteroatoms. The Hall–Kier alpha value is -3.76. The van der Waals surface area contributed by atoms with Gasteiger partial charge in [0.15, 0.2) is 10.7 Å². The molecule has 0 saturated carbocycles. The number of carbonyl (C=O) groups is 3. The number of carboxylic acids is 1. The van der Waals surface area contributed by atoms with Crippen LogP contribution < -0.4 is 5.32 Å². The molecule has 180 valence electrons. The normalized spacial score (nSPS) is 19.1. The maximum Gasteiger partial charge on any atom is 0.413 e. The molecule has 1 saturated heterocycles. The first kappa shape index (κ1) is 23.0. The van der Waals surface area contributed by atoms with E-state index in [9.17, 15) is 19.5 Å². The maximum absolute atomic E-state index is 12.8. The standard InChI is InChI=1S/C25H23N3O6S/c1-25(22(30)31)14-28(10-11-34-25)21(29)20-12-26-23(35-20)27-24(32)33-13-19-17-8-4-2-6-15(17)16-7-3-5-9-18(16)19/h2-9,12,19H,10-11,13-14H2,1H3,(H,30,31)(H,26,27,32). The third-order valence-corrected chi connectivity index (χ3v) is 7.18. The van der Waals surface area contributed by atoms with Crippen molar-refractivity contribution in [3.05, 3.63) is 70.7 Å². The zero-order valence-corrected chi connectivity index (χ0v) is 19.7. The van der Waals surface area contributed by atoms with Gasteiger partial charge < -0.3 is 19.5 Å². The number of thiazole rings is 1. The molecule has 2 aromatic carbocycles. The molecule has 3 aromatic rings. The van der Waals surface area contributed by atoms with Gasteiger partial charge in [-0.1, -0.05) is 59.9 Å². The lowest BCUT2D eigenvalue weighted by Gasteiger charge is -2.37. The predicted molar refractivity (Wildman–Crippen MR) is 129 cm³/mol. The highest BCUT2D eigenvalue weighted by atomic mass is 32.1. The van der Waals surface area contributed by atoms with Gasteiger partial charge in [0.1, 0.15) is 11.5 Å². The van der Waals surface area contributed by atoms with Crippen LogP contribution in [-0.4, -0.2) is 64.9 Å². The molecule has 0 radical (unpaired) electrons. The molecule has 1 fully saturated rings. The zero-order chi connectivity index (χ0) is 24.6. The van der Waals surface area contributed by atoms with Crippen LogP contribution in [-0.2, 0) is 14.3 Å². The minimum atomic E-state index is -1.46. The van der Waals surface area contributed by atoms with E-state index in [-0.39, 0.29) is 48.1 Å². The lowest BCUT2D eigenvalue weighted by Crippen LogP contribution is -2.56. The van der Waals surface area contributed by atoms with Crippen LogP contribution in [0, 0.1) is 0 Å². The fraction of sp³-hybridized carbons (Fsp3) is 0.280. The van der Waals surface area contributed by atoms with Crippen LogP contribution in [0.4, 0.5) is 9.93 Å². The molecule has 2 heterocycles. The van der Waals surface area contributed by atoms with Crippen molar-refractivity contribution < 1.29 is 29.0 Å². The Bertz CT molecular complexity index is 1260. The van der Waals surface area contributed by atoms with Crippen LogP contribution in [0.3, 0.4) is 0 Å². The van der Waals surface area contributed by atoms with Gasteiger partial charge in [-0.05, 0) is 29.2 Å². The van der Waals surface area contributed by atoms with E-state index in [2.05, 4.69) is 22.4 Å². The highest BCUT2D eigenvalue weighted by Gasteiger charge is 2.41. The maximum atomic E-state index is 12.8. The highest BCUT2D eigenvalue weighted by molar-refractivity contribution is 7.17. The molecule has 9 nitrogen and oxygen atoms in total. The van der Waals surface area contributed by atoms with Crippen LogP contribution in [0.25, 0.3) is 11.1 Å². The molecule has 1 aromatic heterocycles. The molecular formula is C25H23N3O6S. The third-order valence-electron chi connectivity index (χ3n) is 6.28. The average Bonchev–Trinajstić information content (AvgIpc) is 3.45. The second kappa shape index (κ2) is 9.12. The van der Waals surface area contributed by atoms with Gasteiger partial charge in [-0.2, -0.15) is 0 Å². The number of aromatic nitrogens is 1. The summed E-state index contributed by atoms with van der Waals surface area (Å²) in [5.41, 5.74) is 3.05. The number of ether oxygens (including phenoxy) is 2. The summed E-state index contributed by atoms with van der Waals surface area (Å²) in [7, 11) is 0. The lowest BCUT2D eigenvalue weighted by atomic mass is 9.98. The number of amides is 2. The van der Waals surface area contributed by atoms with Crippen molar-refractivity contribution in [1.82, 2.24) is 9.88 Å². The number of carbonyl (C=O) groups excluding carboxylic acids is 2. The first-order valence-corrected chi connectivity index (χ1v) is 11.9. The predicted octanol–water partition coefficient (Wildman–Crippen LogP) is 3.82. The molecular weight excluding hydrogens is 470 g/mol. The molecule has 35 heavy (non-hydrogen) atoms. The van der Waals surface area contributed by atoms with Gasteiger partial charge in [0.25, 0.3) is 5.91 Å². The summed E-state index contributed by atoms with van der Waals surface area (Å²) in [5.74, 6) is -1.55. The van der Waals surface area contributed by atoms with Gasteiger partial charge >= 0.3 is 12.1 Å². The van der Waals surface area contributed by atoms with Crippen molar-refractivity contribution in [1.29, 1.82) is 0 Å². The van der Waals surface area contributed by atoms with E-state index in [1.54, 1.807) is 0 Å². The third kappa shape index (κ3) is 4.38. The zero-order valence-electron chi connectivity index (χ0n) is 18.9.